The second-order valence-electron chi connectivity index (χ2n) is 5.01. The molecule has 0 aromatic carbocycles. The molecule has 0 aromatic heterocycles. The lowest BCUT2D eigenvalue weighted by Crippen LogP contribution is -2.48. The molecule has 1 aliphatic rings. The van der Waals surface area contributed by atoms with E-state index in [0.717, 1.165) is 6.26 Å². The molecule has 1 N–H and O–H groups in total. The molecule has 0 aliphatic carbocycles. The van der Waals surface area contributed by atoms with Crippen LogP contribution in [0.2, 0.25) is 0 Å². The van der Waals surface area contributed by atoms with Crippen molar-refractivity contribution < 1.29 is 31.1 Å². The van der Waals surface area contributed by atoms with E-state index in [9.17, 15) is 26.4 Å². The molecule has 0 spiro atoms. The molecule has 21 heavy (non-hydrogen) atoms. The van der Waals surface area contributed by atoms with Crippen molar-refractivity contribution in [3.63, 3.8) is 0 Å². The minimum atomic E-state index is -4.48. The molecule has 1 saturated heterocycles. The molecule has 0 bridgehead atoms. The first-order chi connectivity index (χ1) is 9.49. The fraction of sp³-hybridized carbons (Fsp3) is 0.909. The summed E-state index contributed by atoms with van der Waals surface area (Å²) < 4.78 is 64.3. The van der Waals surface area contributed by atoms with Gasteiger partial charge in [0.2, 0.25) is 15.9 Å². The molecule has 1 amide bonds. The number of carbonyl (C=O) groups excluding carboxylic acids is 1. The molecule has 124 valence electrons. The summed E-state index contributed by atoms with van der Waals surface area (Å²) in [7, 11) is -3.25. The second-order valence-corrected chi connectivity index (χ2v) is 7.00. The van der Waals surface area contributed by atoms with Gasteiger partial charge in [-0.25, -0.2) is 12.7 Å². The number of rotatable bonds is 5. The zero-order chi connectivity index (χ0) is 16.3. The zero-order valence-electron chi connectivity index (χ0n) is 11.8. The standard InChI is InChI=1S/C11H19F3N2O4S/c1-8(20-7-11(12,13)14)10(17)15-9-3-5-16(6-4-9)21(2,18)19/h8-9H,3-7H2,1-2H3,(H,15,17). The third kappa shape index (κ3) is 6.62. The predicted octanol–water partition coefficient (Wildman–Crippen LogP) is 0.494. The van der Waals surface area contributed by atoms with E-state index in [-0.39, 0.29) is 19.1 Å². The van der Waals surface area contributed by atoms with Crippen LogP contribution in [0.3, 0.4) is 0 Å². The van der Waals surface area contributed by atoms with Crippen LogP contribution in [0.4, 0.5) is 13.2 Å². The van der Waals surface area contributed by atoms with Crippen LogP contribution < -0.4 is 5.32 Å². The number of sulfonamides is 1. The van der Waals surface area contributed by atoms with Crippen LogP contribution in [0.1, 0.15) is 19.8 Å². The van der Waals surface area contributed by atoms with Gasteiger partial charge in [-0.05, 0) is 19.8 Å². The van der Waals surface area contributed by atoms with E-state index in [2.05, 4.69) is 10.1 Å². The van der Waals surface area contributed by atoms with E-state index in [4.69, 9.17) is 0 Å². The number of halogens is 3. The van der Waals surface area contributed by atoms with Gasteiger partial charge in [0.1, 0.15) is 12.7 Å². The van der Waals surface area contributed by atoms with Crippen molar-refractivity contribution in [3.05, 3.63) is 0 Å². The molecule has 0 aromatic rings. The van der Waals surface area contributed by atoms with Crippen molar-refractivity contribution >= 4 is 15.9 Å². The molecule has 10 heteroatoms. The molecule has 1 heterocycles. The molecule has 0 radical (unpaired) electrons. The van der Waals surface area contributed by atoms with Gasteiger partial charge in [0.25, 0.3) is 0 Å². The number of nitrogens with zero attached hydrogens (tertiary/aromatic N) is 1. The summed E-state index contributed by atoms with van der Waals surface area (Å²) >= 11 is 0. The number of amides is 1. The Morgan fingerprint density at radius 3 is 2.33 bits per heavy atom. The summed E-state index contributed by atoms with van der Waals surface area (Å²) in [5.41, 5.74) is 0. The van der Waals surface area contributed by atoms with Gasteiger partial charge in [-0.15, -0.1) is 0 Å². The first-order valence-electron chi connectivity index (χ1n) is 6.43. The summed E-state index contributed by atoms with van der Waals surface area (Å²) in [5, 5.41) is 2.57. The number of piperidine rings is 1. The Bertz CT molecular complexity index is 459. The van der Waals surface area contributed by atoms with E-state index >= 15 is 0 Å². The highest BCUT2D eigenvalue weighted by atomic mass is 32.2. The lowest BCUT2D eigenvalue weighted by atomic mass is 10.1. The van der Waals surface area contributed by atoms with Gasteiger partial charge >= 0.3 is 6.18 Å². The van der Waals surface area contributed by atoms with Gasteiger partial charge in [-0.2, -0.15) is 13.2 Å². The van der Waals surface area contributed by atoms with Gasteiger partial charge in [-0.1, -0.05) is 0 Å². The second kappa shape index (κ2) is 6.93. The van der Waals surface area contributed by atoms with Crippen molar-refractivity contribution in [1.82, 2.24) is 9.62 Å². The molecule has 1 aliphatic heterocycles. The SMILES string of the molecule is CC(OCC(F)(F)F)C(=O)NC1CCN(S(C)(=O)=O)CC1. The van der Waals surface area contributed by atoms with Gasteiger partial charge in [0.15, 0.2) is 0 Å². The van der Waals surface area contributed by atoms with Gasteiger partial charge in [0, 0.05) is 19.1 Å². The Kier molecular flexibility index (Phi) is 6.00. The summed E-state index contributed by atoms with van der Waals surface area (Å²) in [6.07, 6.45) is -3.73. The van der Waals surface area contributed by atoms with E-state index in [0.29, 0.717) is 12.8 Å². The summed E-state index contributed by atoms with van der Waals surface area (Å²) in [6.45, 7) is 0.323. The Hall–Kier alpha value is -0.870. The van der Waals surface area contributed by atoms with E-state index in [1.165, 1.54) is 11.2 Å². The van der Waals surface area contributed by atoms with Crippen LogP contribution in [0.15, 0.2) is 0 Å². The third-order valence-corrected chi connectivity index (χ3v) is 4.44. The maximum atomic E-state index is 12.0. The summed E-state index contributed by atoms with van der Waals surface area (Å²) in [5.74, 6) is -0.628. The predicted molar refractivity (Wildman–Crippen MR) is 69.1 cm³/mol. The van der Waals surface area contributed by atoms with Gasteiger partial charge in [-0.3, -0.25) is 4.79 Å². The number of hydrogen-bond acceptors (Lipinski definition) is 4. The molecular weight excluding hydrogens is 313 g/mol. The fourth-order valence-corrected chi connectivity index (χ4v) is 2.82. The smallest absolute Gasteiger partial charge is 0.359 e. The molecule has 1 fully saturated rings. The Morgan fingerprint density at radius 2 is 1.90 bits per heavy atom. The number of nitrogens with one attached hydrogen (secondary N) is 1. The molecule has 1 unspecified atom stereocenters. The molecule has 6 nitrogen and oxygen atoms in total. The highest BCUT2D eigenvalue weighted by Crippen LogP contribution is 2.16. The number of hydrogen-bond donors (Lipinski definition) is 1. The normalized spacial score (nSPS) is 20.2. The van der Waals surface area contributed by atoms with Crippen LogP contribution in [0.25, 0.3) is 0 Å². The lowest BCUT2D eigenvalue weighted by Gasteiger charge is -2.31. The molecular formula is C11H19F3N2O4S. The van der Waals surface area contributed by atoms with Gasteiger partial charge in [0.05, 0.1) is 6.26 Å². The van der Waals surface area contributed by atoms with E-state index in [1.807, 2.05) is 0 Å². The number of ether oxygens (including phenoxy) is 1. The summed E-state index contributed by atoms with van der Waals surface area (Å²) in [4.78, 5) is 11.7. The van der Waals surface area contributed by atoms with E-state index in [1.54, 1.807) is 0 Å². The largest absolute Gasteiger partial charge is 0.411 e. The Balaban J connectivity index is 2.36. The van der Waals surface area contributed by atoms with Crippen molar-refractivity contribution in [2.45, 2.75) is 38.1 Å². The van der Waals surface area contributed by atoms with Crippen molar-refractivity contribution in [2.75, 3.05) is 26.0 Å². The maximum absolute atomic E-state index is 12.0. The van der Waals surface area contributed by atoms with Crippen molar-refractivity contribution in [1.29, 1.82) is 0 Å². The van der Waals surface area contributed by atoms with Crippen molar-refractivity contribution in [2.24, 2.45) is 0 Å². The quantitative estimate of drug-likeness (QED) is 0.795. The third-order valence-electron chi connectivity index (χ3n) is 3.14. The molecule has 1 rings (SSSR count). The van der Waals surface area contributed by atoms with Crippen LogP contribution >= 0.6 is 0 Å². The van der Waals surface area contributed by atoms with Crippen molar-refractivity contribution in [3.8, 4) is 0 Å². The minimum absolute atomic E-state index is 0.257. The highest BCUT2D eigenvalue weighted by Gasteiger charge is 2.31. The van der Waals surface area contributed by atoms with Crippen LogP contribution in [-0.4, -0.2) is 62.9 Å². The first-order valence-corrected chi connectivity index (χ1v) is 8.28. The lowest BCUT2D eigenvalue weighted by molar-refractivity contribution is -0.185. The Labute approximate surface area is 121 Å². The topological polar surface area (TPSA) is 75.7 Å². The molecule has 1 atom stereocenters. The van der Waals surface area contributed by atoms with Gasteiger partial charge < -0.3 is 10.1 Å². The maximum Gasteiger partial charge on any atom is 0.411 e. The number of alkyl halides is 3. The fourth-order valence-electron chi connectivity index (χ4n) is 1.95. The minimum Gasteiger partial charge on any atom is -0.359 e. The Morgan fingerprint density at radius 1 is 1.38 bits per heavy atom. The summed E-state index contributed by atoms with van der Waals surface area (Å²) in [6, 6.07) is -0.257. The molecule has 0 saturated carbocycles. The first kappa shape index (κ1) is 18.2. The monoisotopic (exact) mass is 332 g/mol. The van der Waals surface area contributed by atoms with Crippen LogP contribution in [-0.2, 0) is 19.6 Å². The zero-order valence-corrected chi connectivity index (χ0v) is 12.6. The average molecular weight is 332 g/mol. The highest BCUT2D eigenvalue weighted by molar-refractivity contribution is 7.88. The van der Waals surface area contributed by atoms with Crippen LogP contribution in [0.5, 0.6) is 0 Å². The average Bonchev–Trinajstić information content (AvgIpc) is 2.34. The van der Waals surface area contributed by atoms with E-state index < -0.39 is 34.8 Å². The van der Waals surface area contributed by atoms with Crippen LogP contribution in [0, 0.1) is 0 Å². The number of carbonyl (C=O) groups is 1.